The zero-order valence-electron chi connectivity index (χ0n) is 7.90. The molecule has 0 saturated heterocycles. The smallest absolute Gasteiger partial charge is 0.251 e. The molecule has 2 aromatic heterocycles. The standard InChI is InChI=1S/C9H10N4O2/c10-8(15)5-1-3-11-9-7(5)12-6(13-9)2-4-14/h1,3,14H,2,4H2,(H2,10,15)(H,11,12,13). The number of hydrogen-bond acceptors (Lipinski definition) is 4. The van der Waals surface area contributed by atoms with Crippen molar-refractivity contribution >= 4 is 17.1 Å². The normalized spacial score (nSPS) is 10.7. The van der Waals surface area contributed by atoms with Crippen LogP contribution in [0.25, 0.3) is 11.2 Å². The predicted octanol–water partition coefficient (Wildman–Crippen LogP) is -0.408. The maximum atomic E-state index is 11.1. The third-order valence-electron chi connectivity index (χ3n) is 2.06. The van der Waals surface area contributed by atoms with Crippen LogP contribution < -0.4 is 5.73 Å². The monoisotopic (exact) mass is 206 g/mol. The molecule has 1 amide bonds. The van der Waals surface area contributed by atoms with Crippen molar-refractivity contribution in [2.45, 2.75) is 6.42 Å². The number of aliphatic hydroxyl groups excluding tert-OH is 1. The molecule has 15 heavy (non-hydrogen) atoms. The van der Waals surface area contributed by atoms with Crippen LogP contribution in [0.3, 0.4) is 0 Å². The molecule has 4 N–H and O–H groups in total. The molecule has 0 fully saturated rings. The van der Waals surface area contributed by atoms with Gasteiger partial charge in [0.15, 0.2) is 5.65 Å². The van der Waals surface area contributed by atoms with E-state index in [1.807, 2.05) is 0 Å². The minimum Gasteiger partial charge on any atom is -0.396 e. The van der Waals surface area contributed by atoms with Gasteiger partial charge in [0.25, 0.3) is 5.91 Å². The number of carbonyl (C=O) groups is 1. The molecule has 0 atom stereocenters. The van der Waals surface area contributed by atoms with E-state index in [4.69, 9.17) is 10.8 Å². The Morgan fingerprint density at radius 3 is 3.07 bits per heavy atom. The van der Waals surface area contributed by atoms with Gasteiger partial charge in [-0.1, -0.05) is 0 Å². The lowest BCUT2D eigenvalue weighted by Gasteiger charge is -1.94. The van der Waals surface area contributed by atoms with E-state index in [0.717, 1.165) is 0 Å². The third-order valence-corrected chi connectivity index (χ3v) is 2.06. The van der Waals surface area contributed by atoms with Crippen LogP contribution in [-0.2, 0) is 6.42 Å². The lowest BCUT2D eigenvalue weighted by Crippen LogP contribution is -2.11. The van der Waals surface area contributed by atoms with Gasteiger partial charge in [-0.05, 0) is 6.07 Å². The zero-order chi connectivity index (χ0) is 10.8. The Hall–Kier alpha value is -1.95. The molecule has 0 radical (unpaired) electrons. The molecule has 78 valence electrons. The fourth-order valence-electron chi connectivity index (χ4n) is 1.39. The SMILES string of the molecule is NC(=O)c1ccnc2nc(CCO)[nH]c12. The summed E-state index contributed by atoms with van der Waals surface area (Å²) in [5.41, 5.74) is 6.52. The van der Waals surface area contributed by atoms with Crippen molar-refractivity contribution in [1.82, 2.24) is 15.0 Å². The molecule has 2 rings (SSSR count). The van der Waals surface area contributed by atoms with Crippen LogP contribution in [0, 0.1) is 0 Å². The number of fused-ring (bicyclic) bond motifs is 1. The molecule has 0 aliphatic rings. The highest BCUT2D eigenvalue weighted by Crippen LogP contribution is 2.13. The quantitative estimate of drug-likeness (QED) is 0.634. The van der Waals surface area contributed by atoms with Crippen LogP contribution >= 0.6 is 0 Å². The van der Waals surface area contributed by atoms with E-state index in [0.29, 0.717) is 29.0 Å². The molecule has 6 heteroatoms. The number of nitrogens with two attached hydrogens (primary N) is 1. The van der Waals surface area contributed by atoms with Crippen LogP contribution in [0.5, 0.6) is 0 Å². The second-order valence-corrected chi connectivity index (χ2v) is 3.08. The van der Waals surface area contributed by atoms with Gasteiger partial charge in [-0.3, -0.25) is 4.79 Å². The van der Waals surface area contributed by atoms with Crippen molar-refractivity contribution in [3.05, 3.63) is 23.7 Å². The van der Waals surface area contributed by atoms with Gasteiger partial charge in [0.1, 0.15) is 5.82 Å². The maximum Gasteiger partial charge on any atom is 0.251 e. The van der Waals surface area contributed by atoms with E-state index in [1.165, 1.54) is 12.3 Å². The summed E-state index contributed by atoms with van der Waals surface area (Å²) >= 11 is 0. The molecular formula is C9H10N4O2. The van der Waals surface area contributed by atoms with E-state index in [-0.39, 0.29) is 6.61 Å². The Bertz CT molecular complexity index is 506. The van der Waals surface area contributed by atoms with Crippen LogP contribution in [0.1, 0.15) is 16.2 Å². The number of rotatable bonds is 3. The number of carbonyl (C=O) groups excluding carboxylic acids is 1. The van der Waals surface area contributed by atoms with E-state index in [2.05, 4.69) is 15.0 Å². The summed E-state index contributed by atoms with van der Waals surface area (Å²) in [6, 6.07) is 1.53. The number of aromatic nitrogens is 3. The Balaban J connectivity index is 2.59. The number of nitrogens with zero attached hydrogens (tertiary/aromatic N) is 2. The van der Waals surface area contributed by atoms with Crippen molar-refractivity contribution in [3.63, 3.8) is 0 Å². The number of imidazole rings is 1. The number of pyridine rings is 1. The number of nitrogens with one attached hydrogen (secondary N) is 1. The number of primary amides is 1. The number of aromatic amines is 1. The summed E-state index contributed by atoms with van der Waals surface area (Å²) in [5.74, 6) is 0.0651. The Morgan fingerprint density at radius 2 is 2.40 bits per heavy atom. The highest BCUT2D eigenvalue weighted by atomic mass is 16.3. The molecule has 0 spiro atoms. The molecule has 0 unspecified atom stereocenters. The first-order valence-electron chi connectivity index (χ1n) is 4.46. The molecule has 6 nitrogen and oxygen atoms in total. The summed E-state index contributed by atoms with van der Waals surface area (Å²) in [4.78, 5) is 22.1. The van der Waals surface area contributed by atoms with E-state index in [1.54, 1.807) is 0 Å². The van der Waals surface area contributed by atoms with Crippen molar-refractivity contribution in [3.8, 4) is 0 Å². The maximum absolute atomic E-state index is 11.1. The van der Waals surface area contributed by atoms with Gasteiger partial charge >= 0.3 is 0 Å². The topological polar surface area (TPSA) is 105 Å². The molecule has 0 aromatic carbocycles. The molecule has 0 bridgehead atoms. The average molecular weight is 206 g/mol. The second kappa shape index (κ2) is 3.66. The van der Waals surface area contributed by atoms with E-state index in [9.17, 15) is 4.79 Å². The highest BCUT2D eigenvalue weighted by Gasteiger charge is 2.11. The van der Waals surface area contributed by atoms with Crippen LogP contribution in [0.15, 0.2) is 12.3 Å². The summed E-state index contributed by atoms with van der Waals surface area (Å²) in [5, 5.41) is 8.75. The average Bonchev–Trinajstić information content (AvgIpc) is 2.59. The third kappa shape index (κ3) is 1.66. The van der Waals surface area contributed by atoms with Gasteiger partial charge in [-0.15, -0.1) is 0 Å². The molecule has 2 heterocycles. The van der Waals surface area contributed by atoms with Crippen molar-refractivity contribution in [2.24, 2.45) is 5.73 Å². The summed E-state index contributed by atoms with van der Waals surface area (Å²) < 4.78 is 0. The first-order valence-corrected chi connectivity index (χ1v) is 4.46. The van der Waals surface area contributed by atoms with Crippen molar-refractivity contribution < 1.29 is 9.90 Å². The van der Waals surface area contributed by atoms with Crippen molar-refractivity contribution in [1.29, 1.82) is 0 Å². The van der Waals surface area contributed by atoms with E-state index < -0.39 is 5.91 Å². The van der Waals surface area contributed by atoms with Crippen LogP contribution in [0.4, 0.5) is 0 Å². The first-order chi connectivity index (χ1) is 7.22. The van der Waals surface area contributed by atoms with Gasteiger partial charge < -0.3 is 15.8 Å². The Labute approximate surface area is 85.2 Å². The Morgan fingerprint density at radius 1 is 1.60 bits per heavy atom. The largest absolute Gasteiger partial charge is 0.396 e. The lowest BCUT2D eigenvalue weighted by atomic mass is 10.2. The highest BCUT2D eigenvalue weighted by molar-refractivity contribution is 6.03. The lowest BCUT2D eigenvalue weighted by molar-refractivity contribution is 0.100. The van der Waals surface area contributed by atoms with Gasteiger partial charge in [0.05, 0.1) is 17.7 Å². The van der Waals surface area contributed by atoms with Gasteiger partial charge in [-0.25, -0.2) is 9.97 Å². The van der Waals surface area contributed by atoms with Gasteiger partial charge in [-0.2, -0.15) is 0 Å². The molecular weight excluding hydrogens is 196 g/mol. The molecule has 0 aliphatic heterocycles. The Kier molecular flexibility index (Phi) is 2.34. The predicted molar refractivity (Wildman–Crippen MR) is 53.2 cm³/mol. The minimum absolute atomic E-state index is 0.00821. The summed E-state index contributed by atoms with van der Waals surface area (Å²) in [7, 11) is 0. The minimum atomic E-state index is -0.526. The van der Waals surface area contributed by atoms with Gasteiger partial charge in [0, 0.05) is 12.6 Å². The van der Waals surface area contributed by atoms with Crippen LogP contribution in [0.2, 0.25) is 0 Å². The summed E-state index contributed by atoms with van der Waals surface area (Å²) in [6.45, 7) is -0.00821. The second-order valence-electron chi connectivity index (χ2n) is 3.08. The number of amides is 1. The molecule has 0 saturated carbocycles. The molecule has 2 aromatic rings. The molecule has 0 aliphatic carbocycles. The van der Waals surface area contributed by atoms with Crippen molar-refractivity contribution in [2.75, 3.05) is 6.61 Å². The summed E-state index contributed by atoms with van der Waals surface area (Å²) in [6.07, 6.45) is 1.88. The number of H-pyrrole nitrogens is 1. The number of aliphatic hydroxyl groups is 1. The first kappa shape index (κ1) is 9.60. The van der Waals surface area contributed by atoms with Gasteiger partial charge in [0.2, 0.25) is 0 Å². The van der Waals surface area contributed by atoms with Crippen LogP contribution in [-0.4, -0.2) is 32.6 Å². The fourth-order valence-corrected chi connectivity index (χ4v) is 1.39. The zero-order valence-corrected chi connectivity index (χ0v) is 7.90. The van der Waals surface area contributed by atoms with E-state index >= 15 is 0 Å². The number of hydrogen-bond donors (Lipinski definition) is 3. The fraction of sp³-hybridized carbons (Fsp3) is 0.222.